The molecule has 0 radical (unpaired) electrons. The van der Waals surface area contributed by atoms with Crippen molar-refractivity contribution >= 4 is 50.4 Å². The molecule has 0 saturated carbocycles. The molecule has 1 unspecified atom stereocenters. The van der Waals surface area contributed by atoms with Crippen molar-refractivity contribution < 1.29 is 94.9 Å². The fourth-order valence-electron chi connectivity index (χ4n) is 8.77. The number of hydrogen-bond acceptors (Lipinski definition) is 20. The number of benzene rings is 7. The number of hydrogen-bond donors (Lipinski definition) is 1. The molecule has 2 heterocycles. The molecule has 83 heavy (non-hydrogen) atoms. The smallest absolute Gasteiger partial charge is 0.338 e. The van der Waals surface area contributed by atoms with E-state index in [1.54, 1.807) is 127 Å². The fraction of sp³-hybridized carbons (Fsp3) is 0.210. The van der Waals surface area contributed by atoms with Gasteiger partial charge in [0, 0.05) is 7.11 Å². The van der Waals surface area contributed by atoms with E-state index in [1.807, 2.05) is 0 Å². The van der Waals surface area contributed by atoms with E-state index in [4.69, 9.17) is 56.4 Å². The monoisotopic (exact) mass is 1150 g/mol. The summed E-state index contributed by atoms with van der Waals surface area (Å²) in [4.78, 5) is 110. The average Bonchev–Trinajstić information content (AvgIpc) is 3.54. The molecule has 426 valence electrons. The molecular weight excluding hydrogens is 1100 g/mol. The van der Waals surface area contributed by atoms with E-state index in [2.05, 4.69) is 0 Å². The quantitative estimate of drug-likeness (QED) is 0.0402. The van der Waals surface area contributed by atoms with Crippen molar-refractivity contribution in [3.8, 4) is 0 Å². The molecule has 2 aliphatic heterocycles. The Bertz CT molecular complexity index is 3270. The lowest BCUT2D eigenvalue weighted by atomic mass is 9.97. The molecule has 11 atom stereocenters. The van der Waals surface area contributed by atoms with Crippen LogP contribution in [0.2, 0.25) is 0 Å². The highest BCUT2D eigenvalue weighted by molar-refractivity contribution is 7.40. The summed E-state index contributed by atoms with van der Waals surface area (Å²) in [6.45, 7) is -1.50. The lowest BCUT2D eigenvalue weighted by Crippen LogP contribution is -2.63. The maximum absolute atomic E-state index is 14.2. The summed E-state index contributed by atoms with van der Waals surface area (Å²) >= 11 is 0. The van der Waals surface area contributed by atoms with Crippen molar-refractivity contribution in [2.24, 2.45) is 0 Å². The summed E-state index contributed by atoms with van der Waals surface area (Å²) in [7, 11) is -2.09. The molecule has 7 aromatic rings. The molecular formula is C62H53O20P. The van der Waals surface area contributed by atoms with Crippen molar-refractivity contribution in [2.45, 2.75) is 61.4 Å². The number of carbonyl (C=O) groups excluding carboxylic acids is 7. The highest BCUT2D eigenvalue weighted by Gasteiger charge is 2.56. The second kappa shape index (κ2) is 28.6. The number of esters is 7. The van der Waals surface area contributed by atoms with Gasteiger partial charge in [0.2, 0.25) is 6.29 Å². The molecule has 0 bridgehead atoms. The van der Waals surface area contributed by atoms with Crippen LogP contribution in [0.5, 0.6) is 0 Å². The summed E-state index contributed by atoms with van der Waals surface area (Å²) in [5.74, 6) is -6.54. The molecule has 0 aliphatic carbocycles. The van der Waals surface area contributed by atoms with Gasteiger partial charge in [-0.2, -0.15) is 0 Å². The Hall–Kier alpha value is -8.98. The molecule has 1 N–H and O–H groups in total. The second-order valence-electron chi connectivity index (χ2n) is 18.3. The molecule has 9 rings (SSSR count). The van der Waals surface area contributed by atoms with E-state index in [0.29, 0.717) is 0 Å². The van der Waals surface area contributed by atoms with Gasteiger partial charge < -0.3 is 56.8 Å². The van der Waals surface area contributed by atoms with Gasteiger partial charge in [-0.1, -0.05) is 127 Å². The minimum absolute atomic E-state index is 0.00662. The fourth-order valence-corrected chi connectivity index (χ4v) is 9.45. The first-order valence-corrected chi connectivity index (χ1v) is 27.0. The molecule has 0 spiro atoms. The van der Waals surface area contributed by atoms with Gasteiger partial charge >= 0.3 is 50.4 Å². The third-order valence-corrected chi connectivity index (χ3v) is 13.6. The third-order valence-electron chi connectivity index (χ3n) is 12.9. The first-order chi connectivity index (χ1) is 40.4. The lowest BCUT2D eigenvalue weighted by molar-refractivity contribution is -0.292. The Balaban J connectivity index is 1.06. The van der Waals surface area contributed by atoms with Gasteiger partial charge in [0.15, 0.2) is 42.9 Å². The van der Waals surface area contributed by atoms with Gasteiger partial charge in [-0.25, -0.2) is 33.6 Å². The van der Waals surface area contributed by atoms with Crippen LogP contribution in [0.3, 0.4) is 0 Å². The summed E-state index contributed by atoms with van der Waals surface area (Å²) in [5, 5.41) is 0. The van der Waals surface area contributed by atoms with Gasteiger partial charge in [-0.3, -0.25) is 4.52 Å². The molecule has 21 heteroatoms. The van der Waals surface area contributed by atoms with Crippen LogP contribution in [0.25, 0.3) is 0 Å². The van der Waals surface area contributed by atoms with E-state index in [9.17, 15) is 38.5 Å². The molecule has 0 amide bonds. The Morgan fingerprint density at radius 2 is 0.602 bits per heavy atom. The average molecular weight is 1150 g/mol. The zero-order valence-corrected chi connectivity index (χ0v) is 44.9. The molecule has 2 aliphatic rings. The Morgan fingerprint density at radius 1 is 0.349 bits per heavy atom. The van der Waals surface area contributed by atoms with Crippen molar-refractivity contribution in [2.75, 3.05) is 20.3 Å². The van der Waals surface area contributed by atoms with Crippen molar-refractivity contribution in [1.82, 2.24) is 0 Å². The van der Waals surface area contributed by atoms with Crippen LogP contribution in [0.15, 0.2) is 212 Å². The van der Waals surface area contributed by atoms with Gasteiger partial charge in [-0.05, 0) is 84.9 Å². The Morgan fingerprint density at radius 3 is 0.916 bits per heavy atom. The van der Waals surface area contributed by atoms with Crippen LogP contribution in [-0.4, -0.2) is 128 Å². The topological polar surface area (TPSA) is 250 Å². The second-order valence-corrected chi connectivity index (χ2v) is 19.3. The largest absolute Gasteiger partial charge is 0.459 e. The van der Waals surface area contributed by atoms with Gasteiger partial charge in [0.1, 0.15) is 18.8 Å². The number of methoxy groups -OCH3 is 1. The minimum Gasteiger partial charge on any atom is -0.459 e. The first-order valence-electron chi connectivity index (χ1n) is 25.8. The minimum atomic E-state index is -3.31. The molecule has 7 aromatic carbocycles. The summed E-state index contributed by atoms with van der Waals surface area (Å²) in [5.41, 5.74) is 0.448. The highest BCUT2D eigenvalue weighted by Crippen LogP contribution is 2.42. The molecule has 2 saturated heterocycles. The molecule has 0 aromatic heterocycles. The highest BCUT2D eigenvalue weighted by atomic mass is 31.2. The SMILES string of the molecule is CO[C@H]1O[C@H](COP(O)O[C@H]2O[C@H](COC(=O)c3ccccc3)[C@@H](OC(=O)c3ccccc3)[C@H](OC(=O)c3ccccc3)[C@@H]2OC(=O)c2ccccc2)[C@H](OC(=O)c2ccccc2)[C@H](OC(=O)c2ccccc2)[C@H]1OC(=O)c1ccccc1. The standard InChI is InChI=1S/C62H53O20P/c1-71-61-52(80-59(68)44-33-19-7-20-34-44)50(78-57(66)42-29-15-5-16-30-42)49(77-56(65)41-27-13-4-14-28-41)47(74-61)38-73-83(70)82-62-53(81-60(69)45-35-21-8-22-36-45)51(79-58(67)43-31-17-6-18-32-43)48(76-55(64)40-25-11-3-12-26-40)46(75-62)37-72-54(63)39-23-9-2-10-24-39/h2-36,46-53,61-62,70H,37-38H2,1H3/t46-,47-,48-,49+,50+,51+,52-,53+,61+,62-,83?/m1/s1. The predicted molar refractivity (Wildman–Crippen MR) is 291 cm³/mol. The van der Waals surface area contributed by atoms with Crippen LogP contribution in [-0.2, 0) is 56.4 Å². The number of carbonyl (C=O) groups is 7. The lowest BCUT2D eigenvalue weighted by Gasteiger charge is -2.45. The number of ether oxygens (including phenoxy) is 10. The van der Waals surface area contributed by atoms with Crippen molar-refractivity contribution in [3.63, 3.8) is 0 Å². The Kier molecular flexibility index (Phi) is 20.2. The van der Waals surface area contributed by atoms with Crippen molar-refractivity contribution in [3.05, 3.63) is 251 Å². The van der Waals surface area contributed by atoms with Crippen LogP contribution in [0.4, 0.5) is 0 Å². The zero-order valence-electron chi connectivity index (χ0n) is 44.0. The van der Waals surface area contributed by atoms with Crippen LogP contribution in [0, 0.1) is 0 Å². The predicted octanol–water partition coefficient (Wildman–Crippen LogP) is 8.55. The summed E-state index contributed by atoms with van der Waals surface area (Å²) in [6, 6.07) is 54.4. The van der Waals surface area contributed by atoms with E-state index < -0.39 is 125 Å². The van der Waals surface area contributed by atoms with E-state index in [0.717, 1.165) is 0 Å². The van der Waals surface area contributed by atoms with E-state index >= 15 is 0 Å². The van der Waals surface area contributed by atoms with Gasteiger partial charge in [0.25, 0.3) is 0 Å². The maximum atomic E-state index is 14.2. The zero-order chi connectivity index (χ0) is 58.1. The molecule has 20 nitrogen and oxygen atoms in total. The first kappa shape index (κ1) is 58.7. The van der Waals surface area contributed by atoms with E-state index in [-0.39, 0.29) is 38.9 Å². The van der Waals surface area contributed by atoms with Crippen molar-refractivity contribution in [1.29, 1.82) is 0 Å². The Labute approximate surface area is 476 Å². The summed E-state index contributed by atoms with van der Waals surface area (Å²) < 4.78 is 72.7. The van der Waals surface area contributed by atoms with Crippen LogP contribution < -0.4 is 0 Å². The normalized spacial score (nSPS) is 22.3. The third kappa shape index (κ3) is 15.3. The van der Waals surface area contributed by atoms with Gasteiger partial charge in [0.05, 0.1) is 45.6 Å². The van der Waals surface area contributed by atoms with Gasteiger partial charge in [-0.15, -0.1) is 0 Å². The summed E-state index contributed by atoms with van der Waals surface area (Å²) in [6.07, 6.45) is -17.4. The maximum Gasteiger partial charge on any atom is 0.338 e. The number of rotatable bonds is 21. The van der Waals surface area contributed by atoms with E-state index in [1.165, 1.54) is 92.0 Å². The van der Waals surface area contributed by atoms with Crippen LogP contribution in [0.1, 0.15) is 72.5 Å². The van der Waals surface area contributed by atoms with Crippen LogP contribution >= 0.6 is 8.60 Å². The molecule has 2 fully saturated rings.